The second-order valence-corrected chi connectivity index (χ2v) is 10.2. The minimum atomic E-state index is -3.61. The maximum atomic E-state index is 12.9. The second-order valence-electron chi connectivity index (χ2n) is 7.23. The van der Waals surface area contributed by atoms with Crippen molar-refractivity contribution in [1.82, 2.24) is 8.87 Å². The van der Waals surface area contributed by atoms with Crippen LogP contribution in [0.15, 0.2) is 52.4 Å². The van der Waals surface area contributed by atoms with E-state index in [1.807, 2.05) is 25.1 Å². The van der Waals surface area contributed by atoms with Crippen LogP contribution in [0, 0.1) is 6.92 Å². The van der Waals surface area contributed by atoms with Crippen molar-refractivity contribution in [2.45, 2.75) is 39.1 Å². The summed E-state index contributed by atoms with van der Waals surface area (Å²) in [6.07, 6.45) is 0. The number of hydrogen-bond donors (Lipinski definition) is 0. The minimum Gasteiger partial charge on any atom is -0.465 e. The van der Waals surface area contributed by atoms with Gasteiger partial charge in [0.15, 0.2) is 4.80 Å². The fraction of sp³-hybridized carbons (Fsp3) is 0.348. The van der Waals surface area contributed by atoms with E-state index < -0.39 is 21.9 Å². The van der Waals surface area contributed by atoms with Gasteiger partial charge in [-0.3, -0.25) is 9.59 Å². The first-order valence-electron chi connectivity index (χ1n) is 10.7. The van der Waals surface area contributed by atoms with Gasteiger partial charge < -0.3 is 9.30 Å². The molecule has 1 amide bonds. The zero-order chi connectivity index (χ0) is 24.2. The van der Waals surface area contributed by atoms with Gasteiger partial charge in [0, 0.05) is 18.7 Å². The lowest BCUT2D eigenvalue weighted by Crippen LogP contribution is -2.30. The predicted octanol–water partition coefficient (Wildman–Crippen LogP) is 3.35. The van der Waals surface area contributed by atoms with Crippen LogP contribution in [-0.4, -0.2) is 48.9 Å². The molecule has 10 heteroatoms. The number of para-hydroxylation sites is 1. The fourth-order valence-electron chi connectivity index (χ4n) is 3.51. The summed E-state index contributed by atoms with van der Waals surface area (Å²) in [6.45, 7) is 8.13. The van der Waals surface area contributed by atoms with E-state index in [2.05, 4.69) is 4.99 Å². The average molecular weight is 490 g/mol. The number of amides is 1. The summed E-state index contributed by atoms with van der Waals surface area (Å²) in [5, 5.41) is 0. The Kier molecular flexibility index (Phi) is 7.83. The van der Waals surface area contributed by atoms with Crippen LogP contribution in [0.5, 0.6) is 0 Å². The Balaban J connectivity index is 2.01. The van der Waals surface area contributed by atoms with Crippen LogP contribution in [0.25, 0.3) is 10.2 Å². The number of thiazole rings is 1. The quantitative estimate of drug-likeness (QED) is 0.452. The number of carbonyl (C=O) groups excluding carboxylic acids is 2. The number of sulfonamides is 1. The van der Waals surface area contributed by atoms with Crippen molar-refractivity contribution in [3.05, 3.63) is 58.4 Å². The van der Waals surface area contributed by atoms with Gasteiger partial charge in [0.1, 0.15) is 6.54 Å². The van der Waals surface area contributed by atoms with Crippen LogP contribution in [0.1, 0.15) is 36.7 Å². The summed E-state index contributed by atoms with van der Waals surface area (Å²) in [5.41, 5.74) is 2.03. The third-order valence-electron chi connectivity index (χ3n) is 5.14. The van der Waals surface area contributed by atoms with Crippen molar-refractivity contribution in [3.63, 3.8) is 0 Å². The average Bonchev–Trinajstić information content (AvgIpc) is 3.12. The SMILES string of the molecule is CCOC(=O)Cn1c(=NC(=O)c2ccc(S(=O)(=O)N(CC)CC)cc2)sc2cccc(C)c21. The van der Waals surface area contributed by atoms with Gasteiger partial charge in [-0.2, -0.15) is 9.30 Å². The van der Waals surface area contributed by atoms with E-state index in [0.29, 0.717) is 17.9 Å². The lowest BCUT2D eigenvalue weighted by molar-refractivity contribution is -0.143. The minimum absolute atomic E-state index is 0.0636. The highest BCUT2D eigenvalue weighted by atomic mass is 32.2. The van der Waals surface area contributed by atoms with Crippen molar-refractivity contribution >= 4 is 43.5 Å². The van der Waals surface area contributed by atoms with Gasteiger partial charge >= 0.3 is 5.97 Å². The largest absolute Gasteiger partial charge is 0.465 e. The van der Waals surface area contributed by atoms with E-state index in [0.717, 1.165) is 15.8 Å². The molecule has 1 heterocycles. The lowest BCUT2D eigenvalue weighted by atomic mass is 10.2. The number of aromatic nitrogens is 1. The number of nitrogens with zero attached hydrogens (tertiary/aromatic N) is 3. The first-order chi connectivity index (χ1) is 15.7. The highest BCUT2D eigenvalue weighted by Crippen LogP contribution is 2.21. The fourth-order valence-corrected chi connectivity index (χ4v) is 6.07. The molecule has 0 saturated carbocycles. The number of rotatable bonds is 8. The molecule has 0 aliphatic carbocycles. The second kappa shape index (κ2) is 10.4. The first-order valence-corrected chi connectivity index (χ1v) is 12.9. The number of benzene rings is 2. The topological polar surface area (TPSA) is 98.0 Å². The van der Waals surface area contributed by atoms with E-state index in [4.69, 9.17) is 4.74 Å². The van der Waals surface area contributed by atoms with E-state index in [1.54, 1.807) is 25.3 Å². The summed E-state index contributed by atoms with van der Waals surface area (Å²) in [5.74, 6) is -0.941. The molecule has 0 N–H and O–H groups in total. The zero-order valence-corrected chi connectivity index (χ0v) is 20.7. The smallest absolute Gasteiger partial charge is 0.326 e. The molecule has 0 radical (unpaired) electrons. The lowest BCUT2D eigenvalue weighted by Gasteiger charge is -2.18. The molecular formula is C23H27N3O5S2. The molecule has 33 heavy (non-hydrogen) atoms. The highest BCUT2D eigenvalue weighted by molar-refractivity contribution is 7.89. The molecule has 2 aromatic carbocycles. The normalized spacial score (nSPS) is 12.5. The maximum absolute atomic E-state index is 12.9. The number of fused-ring (bicyclic) bond motifs is 1. The van der Waals surface area contributed by atoms with E-state index in [1.165, 1.54) is 39.9 Å². The maximum Gasteiger partial charge on any atom is 0.326 e. The van der Waals surface area contributed by atoms with Crippen molar-refractivity contribution in [3.8, 4) is 0 Å². The van der Waals surface area contributed by atoms with Crippen LogP contribution in [0.3, 0.4) is 0 Å². The van der Waals surface area contributed by atoms with Crippen LogP contribution < -0.4 is 4.80 Å². The van der Waals surface area contributed by atoms with E-state index in [-0.39, 0.29) is 23.6 Å². The Labute approximate surface area is 197 Å². The summed E-state index contributed by atoms with van der Waals surface area (Å²) in [7, 11) is -3.61. The number of esters is 1. The van der Waals surface area contributed by atoms with Crippen molar-refractivity contribution in [2.24, 2.45) is 4.99 Å². The van der Waals surface area contributed by atoms with Gasteiger partial charge in [-0.1, -0.05) is 37.3 Å². The molecule has 0 spiro atoms. The van der Waals surface area contributed by atoms with Gasteiger partial charge in [-0.05, 0) is 49.7 Å². The van der Waals surface area contributed by atoms with E-state index >= 15 is 0 Å². The Hall–Kier alpha value is -2.82. The van der Waals surface area contributed by atoms with Crippen LogP contribution in [0.4, 0.5) is 0 Å². The van der Waals surface area contributed by atoms with Gasteiger partial charge in [-0.15, -0.1) is 0 Å². The molecular weight excluding hydrogens is 462 g/mol. The van der Waals surface area contributed by atoms with Gasteiger partial charge in [0.05, 0.1) is 21.7 Å². The molecule has 0 saturated heterocycles. The molecule has 1 aromatic heterocycles. The molecule has 0 fully saturated rings. The van der Waals surface area contributed by atoms with Crippen LogP contribution in [-0.2, 0) is 26.1 Å². The van der Waals surface area contributed by atoms with Crippen LogP contribution in [0.2, 0.25) is 0 Å². The van der Waals surface area contributed by atoms with Gasteiger partial charge in [0.25, 0.3) is 5.91 Å². The number of carbonyl (C=O) groups is 2. The monoisotopic (exact) mass is 489 g/mol. The molecule has 3 aromatic rings. The molecule has 176 valence electrons. The third kappa shape index (κ3) is 5.23. The van der Waals surface area contributed by atoms with Crippen LogP contribution >= 0.6 is 11.3 Å². The van der Waals surface area contributed by atoms with Crippen molar-refractivity contribution in [2.75, 3.05) is 19.7 Å². The number of ether oxygens (including phenoxy) is 1. The Bertz CT molecular complexity index is 1330. The highest BCUT2D eigenvalue weighted by Gasteiger charge is 2.22. The molecule has 0 bridgehead atoms. The Morgan fingerprint density at radius 3 is 2.33 bits per heavy atom. The molecule has 8 nitrogen and oxygen atoms in total. The number of aryl methyl sites for hydroxylation is 1. The molecule has 0 aliphatic rings. The standard InChI is InChI=1S/C23H27N3O5S2/c1-5-25(6-2)33(29,30)18-13-11-17(12-14-18)22(28)24-23-26(15-20(27)31-7-3)21-16(4)9-8-10-19(21)32-23/h8-14H,5-7,15H2,1-4H3. The van der Waals surface area contributed by atoms with Gasteiger partial charge in [0.2, 0.25) is 10.0 Å². The Morgan fingerprint density at radius 1 is 1.06 bits per heavy atom. The predicted molar refractivity (Wildman–Crippen MR) is 128 cm³/mol. The summed E-state index contributed by atoms with van der Waals surface area (Å²) in [6, 6.07) is 11.5. The number of hydrogen-bond acceptors (Lipinski definition) is 6. The molecule has 0 atom stereocenters. The first kappa shape index (κ1) is 24.8. The van der Waals surface area contributed by atoms with Gasteiger partial charge in [-0.25, -0.2) is 8.42 Å². The summed E-state index contributed by atoms with van der Waals surface area (Å²) >= 11 is 1.30. The molecule has 0 unspecified atom stereocenters. The van der Waals surface area contributed by atoms with Crippen molar-refractivity contribution < 1.29 is 22.7 Å². The summed E-state index contributed by atoms with van der Waals surface area (Å²) in [4.78, 5) is 29.8. The molecule has 3 rings (SSSR count). The summed E-state index contributed by atoms with van der Waals surface area (Å²) < 4.78 is 34.4. The van der Waals surface area contributed by atoms with E-state index in [9.17, 15) is 18.0 Å². The zero-order valence-electron chi connectivity index (χ0n) is 19.1. The van der Waals surface area contributed by atoms with Crippen molar-refractivity contribution in [1.29, 1.82) is 0 Å². The Morgan fingerprint density at radius 2 is 1.73 bits per heavy atom. The molecule has 0 aliphatic heterocycles. The third-order valence-corrected chi connectivity index (χ3v) is 8.24.